The number of carboxylic acid groups (broad SMARTS) is 1. The molecule has 0 aliphatic heterocycles. The van der Waals surface area contributed by atoms with Gasteiger partial charge < -0.3 is 24.9 Å². The van der Waals surface area contributed by atoms with Crippen LogP contribution >= 0.6 is 0 Å². The first kappa shape index (κ1) is 25.3. The van der Waals surface area contributed by atoms with Crippen LogP contribution in [0, 0.1) is 0 Å². The number of hydrogen-bond acceptors (Lipinski definition) is 7. The second-order valence-corrected chi connectivity index (χ2v) is 9.53. The van der Waals surface area contributed by atoms with Crippen LogP contribution in [0.2, 0.25) is 0 Å². The highest BCUT2D eigenvalue weighted by molar-refractivity contribution is 7.92. The lowest BCUT2D eigenvalue weighted by Crippen LogP contribution is -2.18. The molecule has 0 unspecified atom stereocenters. The SMILES string of the molecule is CC(=O)Nc1ccccc1NS(=O)(=O)c1cc(C(=O)O)c(NCc2ccoc2)cc1Oc1ccccc1. The normalized spacial score (nSPS) is 10.9. The van der Waals surface area contributed by atoms with Gasteiger partial charge in [0.1, 0.15) is 16.4 Å². The summed E-state index contributed by atoms with van der Waals surface area (Å²) < 4.78 is 40.5. The van der Waals surface area contributed by atoms with Gasteiger partial charge in [-0.3, -0.25) is 9.52 Å². The molecule has 0 aliphatic rings. The Morgan fingerprint density at radius 2 is 1.65 bits per heavy atom. The van der Waals surface area contributed by atoms with Crippen LogP contribution < -0.4 is 20.1 Å². The molecule has 0 saturated heterocycles. The molecule has 0 fully saturated rings. The number of rotatable bonds is 10. The topological polar surface area (TPSA) is 147 Å². The number of furan rings is 1. The van der Waals surface area contributed by atoms with Crippen molar-refractivity contribution in [3.8, 4) is 11.5 Å². The maximum Gasteiger partial charge on any atom is 0.337 e. The van der Waals surface area contributed by atoms with E-state index in [0.29, 0.717) is 5.75 Å². The first-order valence-corrected chi connectivity index (χ1v) is 12.5. The number of aromatic carboxylic acids is 1. The van der Waals surface area contributed by atoms with Crippen molar-refractivity contribution < 1.29 is 32.3 Å². The maximum absolute atomic E-state index is 13.6. The van der Waals surface area contributed by atoms with E-state index in [2.05, 4.69) is 15.4 Å². The van der Waals surface area contributed by atoms with Crippen LogP contribution in [0.5, 0.6) is 11.5 Å². The number of anilines is 3. The van der Waals surface area contributed by atoms with E-state index in [1.165, 1.54) is 37.6 Å². The average molecular weight is 522 g/mol. The lowest BCUT2D eigenvalue weighted by molar-refractivity contribution is -0.114. The fourth-order valence-electron chi connectivity index (χ4n) is 3.45. The average Bonchev–Trinajstić information content (AvgIpc) is 3.37. The molecule has 0 saturated carbocycles. The number of benzene rings is 3. The Hall–Kier alpha value is -4.77. The molecule has 3 aromatic carbocycles. The Balaban J connectivity index is 1.79. The minimum atomic E-state index is -4.39. The minimum Gasteiger partial charge on any atom is -0.478 e. The Kier molecular flexibility index (Phi) is 7.44. The smallest absolute Gasteiger partial charge is 0.337 e. The number of carboxylic acids is 1. The van der Waals surface area contributed by atoms with Crippen LogP contribution in [-0.4, -0.2) is 25.4 Å². The fraction of sp³-hybridized carbons (Fsp3) is 0.0769. The summed E-state index contributed by atoms with van der Waals surface area (Å²) in [6.45, 7) is 1.53. The molecule has 0 atom stereocenters. The van der Waals surface area contributed by atoms with Gasteiger partial charge in [-0.05, 0) is 36.4 Å². The zero-order chi connectivity index (χ0) is 26.4. The summed E-state index contributed by atoms with van der Waals surface area (Å²) in [7, 11) is -4.39. The summed E-state index contributed by atoms with van der Waals surface area (Å²) in [5, 5.41) is 15.4. The summed E-state index contributed by atoms with van der Waals surface area (Å²) in [5.41, 5.74) is 0.967. The van der Waals surface area contributed by atoms with Gasteiger partial charge in [0.05, 0.1) is 35.2 Å². The molecule has 190 valence electrons. The number of carbonyl (C=O) groups is 2. The first-order chi connectivity index (χ1) is 17.7. The van der Waals surface area contributed by atoms with Crippen LogP contribution in [0.4, 0.5) is 17.1 Å². The molecule has 4 rings (SSSR count). The monoisotopic (exact) mass is 521 g/mol. The van der Waals surface area contributed by atoms with Crippen molar-refractivity contribution in [2.24, 2.45) is 0 Å². The highest BCUT2D eigenvalue weighted by atomic mass is 32.2. The van der Waals surface area contributed by atoms with Gasteiger partial charge in [-0.15, -0.1) is 0 Å². The molecule has 1 heterocycles. The summed E-state index contributed by atoms with van der Waals surface area (Å²) >= 11 is 0. The van der Waals surface area contributed by atoms with Gasteiger partial charge in [-0.25, -0.2) is 13.2 Å². The van der Waals surface area contributed by atoms with E-state index in [9.17, 15) is 23.1 Å². The summed E-state index contributed by atoms with van der Waals surface area (Å²) in [5.74, 6) is -1.48. The van der Waals surface area contributed by atoms with Crippen LogP contribution in [0.1, 0.15) is 22.8 Å². The molecule has 0 aliphatic carbocycles. The Labute approximate surface area is 212 Å². The van der Waals surface area contributed by atoms with Crippen molar-refractivity contribution in [1.29, 1.82) is 0 Å². The van der Waals surface area contributed by atoms with E-state index in [4.69, 9.17) is 9.15 Å². The van der Waals surface area contributed by atoms with Gasteiger partial charge in [-0.1, -0.05) is 30.3 Å². The van der Waals surface area contributed by atoms with E-state index >= 15 is 0 Å². The number of para-hydroxylation sites is 3. The number of ether oxygens (including phenoxy) is 1. The third kappa shape index (κ3) is 6.27. The molecular weight excluding hydrogens is 498 g/mol. The number of nitrogens with one attached hydrogen (secondary N) is 3. The predicted molar refractivity (Wildman–Crippen MR) is 138 cm³/mol. The number of hydrogen-bond donors (Lipinski definition) is 4. The molecule has 1 aromatic heterocycles. The van der Waals surface area contributed by atoms with Crippen molar-refractivity contribution in [2.45, 2.75) is 18.4 Å². The highest BCUT2D eigenvalue weighted by Crippen LogP contribution is 2.36. The highest BCUT2D eigenvalue weighted by Gasteiger charge is 2.26. The number of amides is 1. The largest absolute Gasteiger partial charge is 0.478 e. The van der Waals surface area contributed by atoms with Crippen LogP contribution in [0.15, 0.2) is 94.6 Å². The molecular formula is C26H23N3O7S. The molecule has 4 aromatic rings. The van der Waals surface area contributed by atoms with Crippen molar-refractivity contribution in [3.63, 3.8) is 0 Å². The van der Waals surface area contributed by atoms with Crippen LogP contribution in [0.25, 0.3) is 0 Å². The second kappa shape index (κ2) is 10.9. The van der Waals surface area contributed by atoms with E-state index in [-0.39, 0.29) is 40.8 Å². The molecule has 10 nitrogen and oxygen atoms in total. The van der Waals surface area contributed by atoms with E-state index in [0.717, 1.165) is 11.6 Å². The van der Waals surface area contributed by atoms with Crippen molar-refractivity contribution in [3.05, 3.63) is 96.4 Å². The van der Waals surface area contributed by atoms with Crippen molar-refractivity contribution in [1.82, 2.24) is 0 Å². The summed E-state index contributed by atoms with van der Waals surface area (Å²) in [6.07, 6.45) is 2.99. The van der Waals surface area contributed by atoms with Gasteiger partial charge in [0.2, 0.25) is 5.91 Å². The molecule has 0 bridgehead atoms. The Morgan fingerprint density at radius 3 is 2.30 bits per heavy atom. The standard InChI is InChI=1S/C26H23N3O7S/c1-17(30)28-21-9-5-6-10-22(21)29-37(33,34)25-13-20(26(31)32)23(27-15-18-11-12-35-16-18)14-24(25)36-19-7-3-2-4-8-19/h2-14,16,27,29H,15H2,1H3,(H,28,30)(H,31,32). The van der Waals surface area contributed by atoms with Crippen LogP contribution in [-0.2, 0) is 21.4 Å². The van der Waals surface area contributed by atoms with Gasteiger partial charge in [0.25, 0.3) is 10.0 Å². The van der Waals surface area contributed by atoms with E-state index < -0.39 is 20.9 Å². The van der Waals surface area contributed by atoms with Crippen molar-refractivity contribution >= 4 is 39.0 Å². The summed E-state index contributed by atoms with van der Waals surface area (Å²) in [4.78, 5) is 23.3. The van der Waals surface area contributed by atoms with E-state index in [1.807, 2.05) is 0 Å². The first-order valence-electron chi connectivity index (χ1n) is 11.0. The zero-order valence-corrected chi connectivity index (χ0v) is 20.4. The van der Waals surface area contributed by atoms with Gasteiger partial charge in [0, 0.05) is 25.1 Å². The molecule has 11 heteroatoms. The Morgan fingerprint density at radius 1 is 0.946 bits per heavy atom. The third-order valence-electron chi connectivity index (χ3n) is 5.12. The zero-order valence-electron chi connectivity index (χ0n) is 19.6. The van der Waals surface area contributed by atoms with Gasteiger partial charge in [-0.2, -0.15) is 0 Å². The van der Waals surface area contributed by atoms with Crippen LogP contribution in [0.3, 0.4) is 0 Å². The fourth-order valence-corrected chi connectivity index (χ4v) is 4.67. The number of carbonyl (C=O) groups excluding carboxylic acids is 1. The third-order valence-corrected chi connectivity index (χ3v) is 6.51. The van der Waals surface area contributed by atoms with Gasteiger partial charge in [0.15, 0.2) is 0 Å². The quantitative estimate of drug-likeness (QED) is 0.224. The van der Waals surface area contributed by atoms with Gasteiger partial charge >= 0.3 is 5.97 Å². The summed E-state index contributed by atoms with van der Waals surface area (Å²) in [6, 6.07) is 18.8. The molecule has 1 amide bonds. The molecule has 0 radical (unpaired) electrons. The second-order valence-electron chi connectivity index (χ2n) is 7.88. The number of sulfonamides is 1. The Bertz CT molecular complexity index is 1520. The lowest BCUT2D eigenvalue weighted by Gasteiger charge is -2.18. The predicted octanol–water partition coefficient (Wildman–Crippen LogP) is 5.14. The van der Waals surface area contributed by atoms with Crippen molar-refractivity contribution in [2.75, 3.05) is 15.4 Å². The van der Waals surface area contributed by atoms with E-state index in [1.54, 1.807) is 48.5 Å². The lowest BCUT2D eigenvalue weighted by atomic mass is 10.1. The maximum atomic E-state index is 13.6. The molecule has 4 N–H and O–H groups in total. The molecule has 0 spiro atoms. The molecule has 37 heavy (non-hydrogen) atoms. The minimum absolute atomic E-state index is 0.0994.